The van der Waals surface area contributed by atoms with E-state index in [0.29, 0.717) is 23.9 Å². The van der Waals surface area contributed by atoms with E-state index in [1.54, 1.807) is 30.3 Å². The highest BCUT2D eigenvalue weighted by atomic mass is 32.2. The van der Waals surface area contributed by atoms with Crippen molar-refractivity contribution in [1.29, 1.82) is 0 Å². The maximum Gasteiger partial charge on any atom is 0.264 e. The number of benzene rings is 2. The smallest absolute Gasteiger partial charge is 0.264 e. The molecule has 0 saturated carbocycles. The molecule has 0 spiro atoms. The molecule has 0 N–H and O–H groups in total. The van der Waals surface area contributed by atoms with Crippen molar-refractivity contribution >= 4 is 10.0 Å². The van der Waals surface area contributed by atoms with Gasteiger partial charge in [0.05, 0.1) is 4.90 Å². The van der Waals surface area contributed by atoms with Gasteiger partial charge in [0.25, 0.3) is 5.89 Å². The lowest BCUT2D eigenvalue weighted by atomic mass is 10.3. The largest absolute Gasteiger partial charge is 0.484 e. The molecule has 0 aliphatic carbocycles. The fourth-order valence-electron chi connectivity index (χ4n) is 2.26. The van der Waals surface area contributed by atoms with Gasteiger partial charge in [-0.25, -0.2) is 12.7 Å². The van der Waals surface area contributed by atoms with E-state index in [2.05, 4.69) is 10.1 Å². The van der Waals surface area contributed by atoms with Crippen LogP contribution < -0.4 is 4.74 Å². The maximum atomic E-state index is 12.5. The minimum atomic E-state index is -3.53. The molecule has 8 heteroatoms. The van der Waals surface area contributed by atoms with E-state index in [4.69, 9.17) is 9.26 Å². The summed E-state index contributed by atoms with van der Waals surface area (Å²) < 4.78 is 36.9. The van der Waals surface area contributed by atoms with Gasteiger partial charge >= 0.3 is 0 Å². The average molecular weight is 373 g/mol. The second-order valence-electron chi connectivity index (χ2n) is 5.60. The highest BCUT2D eigenvalue weighted by Gasteiger charge is 2.20. The second kappa shape index (κ2) is 8.11. The lowest BCUT2D eigenvalue weighted by Gasteiger charge is -2.16. The van der Waals surface area contributed by atoms with E-state index in [-0.39, 0.29) is 18.0 Å². The molecule has 3 aromatic rings. The van der Waals surface area contributed by atoms with Crippen LogP contribution in [0.5, 0.6) is 5.75 Å². The van der Waals surface area contributed by atoms with Gasteiger partial charge in [-0.2, -0.15) is 4.98 Å². The molecule has 7 nitrogen and oxygen atoms in total. The van der Waals surface area contributed by atoms with Crippen molar-refractivity contribution in [1.82, 2.24) is 14.4 Å². The number of hydrogen-bond acceptors (Lipinski definition) is 6. The Kier molecular flexibility index (Phi) is 5.65. The number of ether oxygens (including phenoxy) is 1. The lowest BCUT2D eigenvalue weighted by molar-refractivity contribution is 0.242. The maximum absolute atomic E-state index is 12.5. The Morgan fingerprint density at radius 1 is 1.04 bits per heavy atom. The summed E-state index contributed by atoms with van der Waals surface area (Å²) in [6, 6.07) is 17.6. The van der Waals surface area contributed by atoms with Gasteiger partial charge in [0.2, 0.25) is 10.0 Å². The second-order valence-corrected chi connectivity index (χ2v) is 7.64. The van der Waals surface area contributed by atoms with E-state index < -0.39 is 10.0 Å². The fraction of sp³-hybridized carbons (Fsp3) is 0.222. The number of rotatable bonds is 8. The normalized spacial score (nSPS) is 11.6. The van der Waals surface area contributed by atoms with E-state index in [0.717, 1.165) is 0 Å². The summed E-state index contributed by atoms with van der Waals surface area (Å²) in [5.41, 5.74) is 0. The molecule has 1 aromatic heterocycles. The van der Waals surface area contributed by atoms with Crippen molar-refractivity contribution in [3.8, 4) is 5.75 Å². The number of para-hydroxylation sites is 1. The van der Waals surface area contributed by atoms with Crippen LogP contribution in [0.15, 0.2) is 70.1 Å². The topological polar surface area (TPSA) is 85.5 Å². The molecule has 0 aliphatic heterocycles. The van der Waals surface area contributed by atoms with Gasteiger partial charge < -0.3 is 9.26 Å². The molecule has 0 aliphatic rings. The van der Waals surface area contributed by atoms with Gasteiger partial charge in [0.15, 0.2) is 12.4 Å². The van der Waals surface area contributed by atoms with Crippen molar-refractivity contribution in [3.05, 3.63) is 72.4 Å². The molecular weight excluding hydrogens is 354 g/mol. The number of nitrogens with zero attached hydrogens (tertiary/aromatic N) is 3. The van der Waals surface area contributed by atoms with Crippen LogP contribution in [0, 0.1) is 0 Å². The number of likely N-dealkylation sites (N-methyl/N-ethyl adjacent to an activating group) is 1. The molecule has 0 unspecified atom stereocenters. The Balaban J connectivity index is 1.54. The zero-order chi connectivity index (χ0) is 18.4. The van der Waals surface area contributed by atoms with Crippen LogP contribution in [0.2, 0.25) is 0 Å². The Bertz CT molecular complexity index is 927. The number of sulfonamides is 1. The summed E-state index contributed by atoms with van der Waals surface area (Å²) in [4.78, 5) is 4.48. The quantitative estimate of drug-likeness (QED) is 0.603. The molecule has 26 heavy (non-hydrogen) atoms. The molecule has 0 saturated heterocycles. The standard InChI is InChI=1S/C18H19N3O4S/c1-21(26(22,23)16-10-6-3-7-11-16)13-12-17-19-18(25-20-17)14-24-15-8-4-2-5-9-15/h2-11H,12-14H2,1H3. The predicted octanol–water partition coefficient (Wildman–Crippen LogP) is 2.51. The minimum absolute atomic E-state index is 0.162. The molecular formula is C18H19N3O4S. The van der Waals surface area contributed by atoms with Crippen LogP contribution in [-0.2, 0) is 23.1 Å². The van der Waals surface area contributed by atoms with Crippen molar-refractivity contribution < 1.29 is 17.7 Å². The van der Waals surface area contributed by atoms with Gasteiger partial charge in [-0.05, 0) is 24.3 Å². The first-order valence-corrected chi connectivity index (χ1v) is 9.50. The molecule has 0 atom stereocenters. The van der Waals surface area contributed by atoms with Gasteiger partial charge in [0.1, 0.15) is 5.75 Å². The summed E-state index contributed by atoms with van der Waals surface area (Å²) in [7, 11) is -2.00. The number of aromatic nitrogens is 2. The van der Waals surface area contributed by atoms with Gasteiger partial charge in [-0.1, -0.05) is 41.6 Å². The molecule has 2 aromatic carbocycles. The third-order valence-electron chi connectivity index (χ3n) is 3.72. The van der Waals surface area contributed by atoms with Crippen molar-refractivity contribution in [2.75, 3.05) is 13.6 Å². The van der Waals surface area contributed by atoms with Crippen LogP contribution in [0.1, 0.15) is 11.7 Å². The van der Waals surface area contributed by atoms with Crippen molar-refractivity contribution in [2.45, 2.75) is 17.9 Å². The Morgan fingerprint density at radius 3 is 2.38 bits per heavy atom. The first-order valence-electron chi connectivity index (χ1n) is 8.06. The zero-order valence-electron chi connectivity index (χ0n) is 14.3. The monoisotopic (exact) mass is 373 g/mol. The van der Waals surface area contributed by atoms with E-state index in [1.165, 1.54) is 11.4 Å². The Hall–Kier alpha value is -2.71. The van der Waals surface area contributed by atoms with Crippen LogP contribution in [-0.4, -0.2) is 36.5 Å². The predicted molar refractivity (Wildman–Crippen MR) is 95.0 cm³/mol. The van der Waals surface area contributed by atoms with E-state index in [9.17, 15) is 8.42 Å². The van der Waals surface area contributed by atoms with Gasteiger partial charge in [-0.3, -0.25) is 0 Å². The summed E-state index contributed by atoms with van der Waals surface area (Å²) in [6.45, 7) is 0.408. The highest BCUT2D eigenvalue weighted by molar-refractivity contribution is 7.89. The molecule has 0 bridgehead atoms. The Labute approximate surface area is 152 Å². The van der Waals surface area contributed by atoms with E-state index in [1.807, 2.05) is 30.3 Å². The highest BCUT2D eigenvalue weighted by Crippen LogP contribution is 2.14. The number of hydrogen-bond donors (Lipinski definition) is 0. The summed E-state index contributed by atoms with van der Waals surface area (Å²) in [5, 5.41) is 3.87. The average Bonchev–Trinajstić information content (AvgIpc) is 3.14. The molecule has 136 valence electrons. The summed E-state index contributed by atoms with van der Waals surface area (Å²) >= 11 is 0. The third kappa shape index (κ3) is 4.47. The zero-order valence-corrected chi connectivity index (χ0v) is 15.1. The van der Waals surface area contributed by atoms with E-state index >= 15 is 0 Å². The first-order chi connectivity index (χ1) is 12.6. The molecule has 3 rings (SSSR count). The molecule has 1 heterocycles. The third-order valence-corrected chi connectivity index (χ3v) is 5.59. The van der Waals surface area contributed by atoms with Crippen LogP contribution in [0.3, 0.4) is 0 Å². The van der Waals surface area contributed by atoms with Crippen LogP contribution >= 0.6 is 0 Å². The van der Waals surface area contributed by atoms with Crippen molar-refractivity contribution in [2.24, 2.45) is 0 Å². The van der Waals surface area contributed by atoms with Crippen LogP contribution in [0.4, 0.5) is 0 Å². The minimum Gasteiger partial charge on any atom is -0.484 e. The summed E-state index contributed by atoms with van der Waals surface area (Å²) in [5.74, 6) is 1.49. The lowest BCUT2D eigenvalue weighted by Crippen LogP contribution is -2.29. The molecule has 0 fully saturated rings. The van der Waals surface area contributed by atoms with Gasteiger partial charge in [0, 0.05) is 20.0 Å². The molecule has 0 amide bonds. The SMILES string of the molecule is CN(CCc1noc(COc2ccccc2)n1)S(=O)(=O)c1ccccc1. The van der Waals surface area contributed by atoms with Gasteiger partial charge in [-0.15, -0.1) is 0 Å². The van der Waals surface area contributed by atoms with Crippen LogP contribution in [0.25, 0.3) is 0 Å². The Morgan fingerprint density at radius 2 is 1.69 bits per heavy atom. The first kappa shape index (κ1) is 18.1. The van der Waals surface area contributed by atoms with Crippen molar-refractivity contribution in [3.63, 3.8) is 0 Å². The summed E-state index contributed by atoms with van der Waals surface area (Å²) in [6.07, 6.45) is 0.345. The molecule has 0 radical (unpaired) electrons. The fourth-order valence-corrected chi connectivity index (χ4v) is 3.45.